The maximum atomic E-state index is 6.13. The molecule has 0 aliphatic heterocycles. The van der Waals surface area contributed by atoms with E-state index in [2.05, 4.69) is 18.8 Å². The Kier molecular flexibility index (Phi) is 4.04. The van der Waals surface area contributed by atoms with E-state index in [0.717, 1.165) is 5.56 Å². The predicted octanol–water partition coefficient (Wildman–Crippen LogP) is 1.31. The highest BCUT2D eigenvalue weighted by Gasteiger charge is 2.21. The summed E-state index contributed by atoms with van der Waals surface area (Å²) in [5, 5.41) is 0. The summed E-state index contributed by atoms with van der Waals surface area (Å²) in [6.45, 7) is 4.91. The van der Waals surface area contributed by atoms with Crippen molar-refractivity contribution in [3.63, 3.8) is 0 Å². The van der Waals surface area contributed by atoms with Crippen molar-refractivity contribution in [3.8, 4) is 0 Å². The van der Waals surface area contributed by atoms with Crippen molar-refractivity contribution in [3.05, 3.63) is 30.1 Å². The molecule has 2 atom stereocenters. The summed E-state index contributed by atoms with van der Waals surface area (Å²) in [6, 6.07) is 3.90. The van der Waals surface area contributed by atoms with E-state index in [0.29, 0.717) is 18.4 Å². The zero-order chi connectivity index (χ0) is 10.6. The topological polar surface area (TPSA) is 64.9 Å². The predicted molar refractivity (Wildman–Crippen MR) is 58.5 cm³/mol. The van der Waals surface area contributed by atoms with Gasteiger partial charge in [-0.1, -0.05) is 19.9 Å². The smallest absolute Gasteiger partial charge is 0.0353 e. The van der Waals surface area contributed by atoms with Gasteiger partial charge in [-0.05, 0) is 30.0 Å². The van der Waals surface area contributed by atoms with Gasteiger partial charge in [-0.15, -0.1) is 0 Å². The molecule has 0 bridgehead atoms. The van der Waals surface area contributed by atoms with Crippen molar-refractivity contribution < 1.29 is 0 Å². The van der Waals surface area contributed by atoms with Gasteiger partial charge in [-0.3, -0.25) is 4.98 Å². The Morgan fingerprint density at radius 1 is 1.43 bits per heavy atom. The molecular weight excluding hydrogens is 174 g/mol. The molecule has 3 nitrogen and oxygen atoms in total. The van der Waals surface area contributed by atoms with E-state index < -0.39 is 0 Å². The molecule has 0 spiro atoms. The average Bonchev–Trinajstić information content (AvgIpc) is 2.19. The third-order valence-corrected chi connectivity index (χ3v) is 2.66. The number of rotatable bonds is 4. The second-order valence-electron chi connectivity index (χ2n) is 3.96. The zero-order valence-corrected chi connectivity index (χ0v) is 8.85. The van der Waals surface area contributed by atoms with E-state index in [1.807, 2.05) is 18.3 Å². The largest absolute Gasteiger partial charge is 0.330 e. The second kappa shape index (κ2) is 5.08. The fraction of sp³-hybridized carbons (Fsp3) is 0.545. The Morgan fingerprint density at radius 3 is 2.57 bits per heavy atom. The second-order valence-corrected chi connectivity index (χ2v) is 3.96. The Hall–Kier alpha value is -0.930. The van der Waals surface area contributed by atoms with Crippen molar-refractivity contribution in [1.82, 2.24) is 4.98 Å². The van der Waals surface area contributed by atoms with Crippen molar-refractivity contribution in [2.75, 3.05) is 6.54 Å². The fourth-order valence-electron chi connectivity index (χ4n) is 1.65. The van der Waals surface area contributed by atoms with E-state index in [1.54, 1.807) is 6.20 Å². The SMILES string of the molecule is CC(C)C(CN)C(N)c1cccnc1. The van der Waals surface area contributed by atoms with Crippen LogP contribution in [0, 0.1) is 11.8 Å². The van der Waals surface area contributed by atoms with Crippen LogP contribution in [-0.2, 0) is 0 Å². The van der Waals surface area contributed by atoms with Crippen LogP contribution < -0.4 is 11.5 Å². The average molecular weight is 193 g/mol. The molecule has 0 aliphatic rings. The highest BCUT2D eigenvalue weighted by molar-refractivity contribution is 5.14. The van der Waals surface area contributed by atoms with Gasteiger partial charge in [0.05, 0.1) is 0 Å². The lowest BCUT2D eigenvalue weighted by Crippen LogP contribution is -2.31. The molecule has 0 amide bonds. The van der Waals surface area contributed by atoms with E-state index in [1.165, 1.54) is 0 Å². The van der Waals surface area contributed by atoms with Crippen LogP contribution in [0.25, 0.3) is 0 Å². The van der Waals surface area contributed by atoms with Gasteiger partial charge in [0, 0.05) is 18.4 Å². The molecule has 0 aliphatic carbocycles. The molecule has 78 valence electrons. The molecule has 3 heteroatoms. The van der Waals surface area contributed by atoms with Gasteiger partial charge in [0.2, 0.25) is 0 Å². The first-order valence-electron chi connectivity index (χ1n) is 5.02. The van der Waals surface area contributed by atoms with Crippen LogP contribution in [0.4, 0.5) is 0 Å². The van der Waals surface area contributed by atoms with Crippen LogP contribution in [0.15, 0.2) is 24.5 Å². The monoisotopic (exact) mass is 193 g/mol. The van der Waals surface area contributed by atoms with Gasteiger partial charge in [0.15, 0.2) is 0 Å². The summed E-state index contributed by atoms with van der Waals surface area (Å²) in [6.07, 6.45) is 3.57. The number of hydrogen-bond donors (Lipinski definition) is 2. The number of aromatic nitrogens is 1. The van der Waals surface area contributed by atoms with Crippen LogP contribution in [0.3, 0.4) is 0 Å². The Labute approximate surface area is 85.5 Å². The molecule has 0 saturated carbocycles. The lowest BCUT2D eigenvalue weighted by Gasteiger charge is -2.25. The van der Waals surface area contributed by atoms with Gasteiger partial charge in [-0.2, -0.15) is 0 Å². The third-order valence-electron chi connectivity index (χ3n) is 2.66. The van der Waals surface area contributed by atoms with Crippen molar-refractivity contribution in [2.45, 2.75) is 19.9 Å². The summed E-state index contributed by atoms with van der Waals surface area (Å²) < 4.78 is 0. The number of pyridine rings is 1. The molecule has 0 saturated heterocycles. The lowest BCUT2D eigenvalue weighted by atomic mass is 9.86. The van der Waals surface area contributed by atoms with Gasteiger partial charge in [0.25, 0.3) is 0 Å². The maximum Gasteiger partial charge on any atom is 0.0353 e. The zero-order valence-electron chi connectivity index (χ0n) is 8.85. The first-order valence-corrected chi connectivity index (χ1v) is 5.02. The van der Waals surface area contributed by atoms with Gasteiger partial charge in [-0.25, -0.2) is 0 Å². The van der Waals surface area contributed by atoms with E-state index in [4.69, 9.17) is 11.5 Å². The van der Waals surface area contributed by atoms with Crippen LogP contribution in [0.1, 0.15) is 25.5 Å². The Bertz CT molecular complexity index is 258. The molecule has 4 N–H and O–H groups in total. The van der Waals surface area contributed by atoms with Crippen molar-refractivity contribution in [1.29, 1.82) is 0 Å². The summed E-state index contributed by atoms with van der Waals surface area (Å²) >= 11 is 0. The maximum absolute atomic E-state index is 6.13. The molecule has 1 rings (SSSR count). The lowest BCUT2D eigenvalue weighted by molar-refractivity contribution is 0.331. The molecule has 1 aromatic rings. The molecule has 0 radical (unpaired) electrons. The van der Waals surface area contributed by atoms with Crippen LogP contribution in [0.2, 0.25) is 0 Å². The molecule has 0 fully saturated rings. The van der Waals surface area contributed by atoms with E-state index in [9.17, 15) is 0 Å². The third kappa shape index (κ3) is 2.53. The summed E-state index contributed by atoms with van der Waals surface area (Å²) in [5.74, 6) is 0.814. The molecule has 2 unspecified atom stereocenters. The molecule has 0 aromatic carbocycles. The Balaban J connectivity index is 2.78. The first kappa shape index (κ1) is 11.1. The normalized spacial score (nSPS) is 15.5. The van der Waals surface area contributed by atoms with Crippen LogP contribution in [0.5, 0.6) is 0 Å². The van der Waals surface area contributed by atoms with E-state index in [-0.39, 0.29) is 6.04 Å². The number of nitrogens with zero attached hydrogens (tertiary/aromatic N) is 1. The minimum Gasteiger partial charge on any atom is -0.330 e. The first-order chi connectivity index (χ1) is 6.66. The molecule has 1 heterocycles. The number of nitrogens with two attached hydrogens (primary N) is 2. The van der Waals surface area contributed by atoms with Crippen molar-refractivity contribution >= 4 is 0 Å². The minimum absolute atomic E-state index is 0.00583. The highest BCUT2D eigenvalue weighted by atomic mass is 14.7. The quantitative estimate of drug-likeness (QED) is 0.757. The summed E-state index contributed by atoms with van der Waals surface area (Å²) in [7, 11) is 0. The van der Waals surface area contributed by atoms with Crippen LogP contribution >= 0.6 is 0 Å². The molecule has 1 aromatic heterocycles. The standard InChI is InChI=1S/C11H19N3/c1-8(2)10(6-12)11(13)9-4-3-5-14-7-9/h3-5,7-8,10-11H,6,12-13H2,1-2H3. The van der Waals surface area contributed by atoms with Gasteiger partial charge in [0.1, 0.15) is 0 Å². The minimum atomic E-state index is -0.00583. The fourth-order valence-corrected chi connectivity index (χ4v) is 1.65. The highest BCUT2D eigenvalue weighted by Crippen LogP contribution is 2.24. The van der Waals surface area contributed by atoms with Gasteiger partial charge < -0.3 is 11.5 Å². The molecular formula is C11H19N3. The number of hydrogen-bond acceptors (Lipinski definition) is 3. The van der Waals surface area contributed by atoms with Crippen LogP contribution in [-0.4, -0.2) is 11.5 Å². The van der Waals surface area contributed by atoms with Gasteiger partial charge >= 0.3 is 0 Å². The van der Waals surface area contributed by atoms with E-state index >= 15 is 0 Å². The Morgan fingerprint density at radius 2 is 2.14 bits per heavy atom. The molecule has 14 heavy (non-hydrogen) atoms. The van der Waals surface area contributed by atoms with Crippen molar-refractivity contribution in [2.24, 2.45) is 23.3 Å². The summed E-state index contributed by atoms with van der Waals surface area (Å²) in [5.41, 5.74) is 12.9. The summed E-state index contributed by atoms with van der Waals surface area (Å²) in [4.78, 5) is 4.06.